The smallest absolute Gasteiger partial charge is 0.207 e. The predicted molar refractivity (Wildman–Crippen MR) is 49.7 cm³/mol. The zero-order valence-corrected chi connectivity index (χ0v) is 7.57. The quantitative estimate of drug-likeness (QED) is 0.481. The maximum Gasteiger partial charge on any atom is 0.207 e. The maximum absolute atomic E-state index is 10.0. The van der Waals surface area contributed by atoms with Crippen molar-refractivity contribution < 1.29 is 9.90 Å². The molecule has 1 amide bonds. The van der Waals surface area contributed by atoms with Gasteiger partial charge in [-0.3, -0.25) is 4.79 Å². The fraction of sp³-hybridized carbons (Fsp3) is 0.700. The van der Waals surface area contributed by atoms with Gasteiger partial charge in [0, 0.05) is 18.4 Å². The monoisotopic (exact) mass is 181 g/mol. The molecule has 1 fully saturated rings. The molecule has 0 bridgehead atoms. The number of aliphatic hydroxyl groups excluding tert-OH is 1. The standard InChI is InChI=1S/C10H15NO2/c1-2-8-3-4-9(6-11-7-12)10(13)5-8/h1,7-10,13H,3-6H2,(H,11,12). The molecule has 1 aliphatic carbocycles. The molecule has 3 heteroatoms. The van der Waals surface area contributed by atoms with Gasteiger partial charge in [-0.1, -0.05) is 0 Å². The van der Waals surface area contributed by atoms with Crippen molar-refractivity contribution in [2.75, 3.05) is 6.54 Å². The van der Waals surface area contributed by atoms with E-state index in [-0.39, 0.29) is 17.9 Å². The summed E-state index contributed by atoms with van der Waals surface area (Å²) in [6.45, 7) is 0.557. The van der Waals surface area contributed by atoms with Gasteiger partial charge in [0.2, 0.25) is 6.41 Å². The summed E-state index contributed by atoms with van der Waals surface area (Å²) in [6, 6.07) is 0. The Morgan fingerprint density at radius 2 is 2.38 bits per heavy atom. The highest BCUT2D eigenvalue weighted by Crippen LogP contribution is 2.28. The zero-order chi connectivity index (χ0) is 9.68. The topological polar surface area (TPSA) is 49.3 Å². The van der Waals surface area contributed by atoms with Gasteiger partial charge in [-0.05, 0) is 19.3 Å². The summed E-state index contributed by atoms with van der Waals surface area (Å²) < 4.78 is 0. The van der Waals surface area contributed by atoms with Crippen LogP contribution in [0.3, 0.4) is 0 Å². The molecule has 1 saturated carbocycles. The van der Waals surface area contributed by atoms with Gasteiger partial charge in [-0.25, -0.2) is 0 Å². The highest BCUT2D eigenvalue weighted by molar-refractivity contribution is 5.45. The van der Waals surface area contributed by atoms with E-state index in [2.05, 4.69) is 11.2 Å². The number of aliphatic hydroxyl groups is 1. The molecule has 0 radical (unpaired) electrons. The molecule has 13 heavy (non-hydrogen) atoms. The lowest BCUT2D eigenvalue weighted by Crippen LogP contribution is -2.35. The van der Waals surface area contributed by atoms with E-state index < -0.39 is 0 Å². The second kappa shape index (κ2) is 4.88. The van der Waals surface area contributed by atoms with Gasteiger partial charge in [0.25, 0.3) is 0 Å². The first-order chi connectivity index (χ1) is 6.27. The predicted octanol–water partition coefficient (Wildman–Crippen LogP) is 0.143. The molecule has 0 aromatic heterocycles. The van der Waals surface area contributed by atoms with Gasteiger partial charge in [0.05, 0.1) is 6.10 Å². The molecule has 0 aromatic rings. The number of hydrogen-bond acceptors (Lipinski definition) is 2. The third-order valence-electron chi connectivity index (χ3n) is 2.66. The Balaban J connectivity index is 2.35. The Labute approximate surface area is 78.5 Å². The average molecular weight is 181 g/mol. The van der Waals surface area contributed by atoms with E-state index in [4.69, 9.17) is 6.42 Å². The van der Waals surface area contributed by atoms with Crippen LogP contribution in [-0.2, 0) is 4.79 Å². The molecule has 0 heterocycles. The van der Waals surface area contributed by atoms with E-state index in [0.717, 1.165) is 12.8 Å². The molecule has 3 nitrogen and oxygen atoms in total. The van der Waals surface area contributed by atoms with E-state index in [0.29, 0.717) is 19.4 Å². The second-order valence-corrected chi connectivity index (χ2v) is 3.53. The van der Waals surface area contributed by atoms with Crippen LogP contribution in [0.1, 0.15) is 19.3 Å². The van der Waals surface area contributed by atoms with E-state index in [1.807, 2.05) is 0 Å². The molecule has 3 atom stereocenters. The molecule has 0 aliphatic heterocycles. The summed E-state index contributed by atoms with van der Waals surface area (Å²) >= 11 is 0. The van der Waals surface area contributed by atoms with Gasteiger partial charge in [0.1, 0.15) is 0 Å². The van der Waals surface area contributed by atoms with Crippen molar-refractivity contribution in [2.45, 2.75) is 25.4 Å². The Hall–Kier alpha value is -1.01. The van der Waals surface area contributed by atoms with Crippen molar-refractivity contribution in [3.05, 3.63) is 0 Å². The van der Waals surface area contributed by atoms with Crippen molar-refractivity contribution in [3.63, 3.8) is 0 Å². The van der Waals surface area contributed by atoms with E-state index in [1.54, 1.807) is 0 Å². The summed E-state index contributed by atoms with van der Waals surface area (Å²) in [6.07, 6.45) is 8.11. The molecule has 3 unspecified atom stereocenters. The van der Waals surface area contributed by atoms with E-state index >= 15 is 0 Å². The molecule has 0 aromatic carbocycles. The minimum absolute atomic E-state index is 0.176. The first-order valence-corrected chi connectivity index (χ1v) is 4.59. The van der Waals surface area contributed by atoms with Gasteiger partial charge in [-0.2, -0.15) is 0 Å². The molecule has 0 saturated heterocycles. The first-order valence-electron chi connectivity index (χ1n) is 4.59. The number of terminal acetylenes is 1. The Morgan fingerprint density at radius 1 is 1.62 bits per heavy atom. The summed E-state index contributed by atoms with van der Waals surface area (Å²) in [5.74, 6) is 3.05. The fourth-order valence-electron chi connectivity index (χ4n) is 1.80. The van der Waals surface area contributed by atoms with Crippen molar-refractivity contribution in [3.8, 4) is 12.3 Å². The van der Waals surface area contributed by atoms with Crippen LogP contribution in [0.2, 0.25) is 0 Å². The Kier molecular flexibility index (Phi) is 3.78. The molecule has 0 spiro atoms. The minimum atomic E-state index is -0.359. The van der Waals surface area contributed by atoms with Gasteiger partial charge in [-0.15, -0.1) is 12.3 Å². The van der Waals surface area contributed by atoms with E-state index in [1.165, 1.54) is 0 Å². The van der Waals surface area contributed by atoms with Crippen molar-refractivity contribution in [2.24, 2.45) is 11.8 Å². The number of carbonyl (C=O) groups is 1. The lowest BCUT2D eigenvalue weighted by atomic mass is 9.80. The van der Waals surface area contributed by atoms with Crippen LogP contribution >= 0.6 is 0 Å². The largest absolute Gasteiger partial charge is 0.393 e. The number of hydrogen-bond donors (Lipinski definition) is 2. The zero-order valence-electron chi connectivity index (χ0n) is 7.57. The molecular formula is C10H15NO2. The van der Waals surface area contributed by atoms with Crippen LogP contribution in [-0.4, -0.2) is 24.2 Å². The van der Waals surface area contributed by atoms with E-state index in [9.17, 15) is 9.90 Å². The lowest BCUT2D eigenvalue weighted by molar-refractivity contribution is -0.110. The number of carbonyl (C=O) groups excluding carboxylic acids is 1. The Morgan fingerprint density at radius 3 is 2.92 bits per heavy atom. The minimum Gasteiger partial charge on any atom is -0.393 e. The summed E-state index contributed by atoms with van der Waals surface area (Å²) in [7, 11) is 0. The maximum atomic E-state index is 10.0. The lowest BCUT2D eigenvalue weighted by Gasteiger charge is -2.30. The average Bonchev–Trinajstić information content (AvgIpc) is 2.16. The normalized spacial score (nSPS) is 33.4. The molecule has 1 aliphatic rings. The number of rotatable bonds is 3. The second-order valence-electron chi connectivity index (χ2n) is 3.53. The molecule has 72 valence electrons. The SMILES string of the molecule is C#CC1CCC(CNC=O)C(O)C1. The highest BCUT2D eigenvalue weighted by Gasteiger charge is 2.27. The van der Waals surface area contributed by atoms with Crippen LogP contribution in [0.5, 0.6) is 0 Å². The van der Waals surface area contributed by atoms with Crippen LogP contribution in [0.15, 0.2) is 0 Å². The summed E-state index contributed by atoms with van der Waals surface area (Å²) in [5, 5.41) is 12.2. The van der Waals surface area contributed by atoms with Crippen LogP contribution < -0.4 is 5.32 Å². The van der Waals surface area contributed by atoms with Gasteiger partial charge in [0.15, 0.2) is 0 Å². The first kappa shape index (κ1) is 10.1. The van der Waals surface area contributed by atoms with Crippen LogP contribution in [0, 0.1) is 24.2 Å². The number of nitrogens with one attached hydrogen (secondary N) is 1. The summed E-state index contributed by atoms with van der Waals surface area (Å²) in [5.41, 5.74) is 0. The Bertz CT molecular complexity index is 209. The van der Waals surface area contributed by atoms with Gasteiger partial charge >= 0.3 is 0 Å². The molecular weight excluding hydrogens is 166 g/mol. The number of amides is 1. The van der Waals surface area contributed by atoms with Gasteiger partial charge < -0.3 is 10.4 Å². The van der Waals surface area contributed by atoms with Crippen LogP contribution in [0.25, 0.3) is 0 Å². The molecule has 1 rings (SSSR count). The molecule has 2 N–H and O–H groups in total. The fourth-order valence-corrected chi connectivity index (χ4v) is 1.80. The van der Waals surface area contributed by atoms with Crippen molar-refractivity contribution >= 4 is 6.41 Å². The third kappa shape index (κ3) is 2.74. The highest BCUT2D eigenvalue weighted by atomic mass is 16.3. The van der Waals surface area contributed by atoms with Crippen LogP contribution in [0.4, 0.5) is 0 Å². The van der Waals surface area contributed by atoms with Crippen molar-refractivity contribution in [1.29, 1.82) is 0 Å². The van der Waals surface area contributed by atoms with Crippen molar-refractivity contribution in [1.82, 2.24) is 5.32 Å². The third-order valence-corrected chi connectivity index (χ3v) is 2.66. The summed E-state index contributed by atoms with van der Waals surface area (Å²) in [4.78, 5) is 10.0.